The summed E-state index contributed by atoms with van der Waals surface area (Å²) in [7, 11) is 0. The van der Waals surface area contributed by atoms with Crippen molar-refractivity contribution in [3.05, 3.63) is 58.9 Å². The lowest BCUT2D eigenvalue weighted by Gasteiger charge is -2.29. The van der Waals surface area contributed by atoms with E-state index in [-0.39, 0.29) is 23.7 Å². The highest BCUT2D eigenvalue weighted by atomic mass is 35.5. The van der Waals surface area contributed by atoms with Gasteiger partial charge in [-0.1, -0.05) is 11.6 Å². The van der Waals surface area contributed by atoms with Crippen LogP contribution in [0.15, 0.2) is 42.5 Å². The van der Waals surface area contributed by atoms with Gasteiger partial charge in [-0.05, 0) is 67.3 Å². The zero-order valence-corrected chi connectivity index (χ0v) is 17.4. The normalized spacial score (nSPS) is 25.1. The summed E-state index contributed by atoms with van der Waals surface area (Å²) >= 11 is 7.94. The van der Waals surface area contributed by atoms with E-state index in [0.717, 1.165) is 12.2 Å². The third-order valence-electron chi connectivity index (χ3n) is 5.59. The van der Waals surface area contributed by atoms with Crippen LogP contribution in [0.2, 0.25) is 5.02 Å². The van der Waals surface area contributed by atoms with Crippen LogP contribution in [0, 0.1) is 11.7 Å². The number of fused-ring (bicyclic) bond motifs is 2. The first-order valence-electron chi connectivity index (χ1n) is 9.38. The van der Waals surface area contributed by atoms with Gasteiger partial charge in [-0.25, -0.2) is 4.39 Å². The van der Waals surface area contributed by atoms with Crippen molar-refractivity contribution in [1.82, 2.24) is 5.32 Å². The second-order valence-corrected chi connectivity index (χ2v) is 8.78. The minimum absolute atomic E-state index is 0.0158. The zero-order chi connectivity index (χ0) is 20.6. The molecule has 152 valence electrons. The molecule has 1 saturated heterocycles. The number of hydrogen-bond acceptors (Lipinski definition) is 4. The first-order chi connectivity index (χ1) is 13.9. The van der Waals surface area contributed by atoms with E-state index in [4.69, 9.17) is 11.6 Å². The Balaban J connectivity index is 1.70. The van der Waals surface area contributed by atoms with Gasteiger partial charge in [0.2, 0.25) is 11.8 Å². The molecular weight excluding hydrogens is 413 g/mol. The minimum atomic E-state index is -1.17. The van der Waals surface area contributed by atoms with Crippen molar-refractivity contribution in [2.24, 2.45) is 5.92 Å². The molecule has 1 fully saturated rings. The Kier molecular flexibility index (Phi) is 5.55. The first kappa shape index (κ1) is 20.2. The summed E-state index contributed by atoms with van der Waals surface area (Å²) in [5.41, 5.74) is 0.676. The number of halogens is 2. The Morgan fingerprint density at radius 3 is 2.79 bits per heavy atom. The minimum Gasteiger partial charge on any atom is -0.326 e. The third-order valence-corrected chi connectivity index (χ3v) is 6.47. The monoisotopic (exact) mass is 433 g/mol. The highest BCUT2D eigenvalue weighted by molar-refractivity contribution is 7.98. The molecule has 0 unspecified atom stereocenters. The molecule has 2 aliphatic rings. The lowest BCUT2D eigenvalue weighted by molar-refractivity contribution is -0.130. The lowest BCUT2D eigenvalue weighted by atomic mass is 9.79. The Morgan fingerprint density at radius 1 is 1.31 bits per heavy atom. The number of thioether (sulfide) groups is 1. The average molecular weight is 434 g/mol. The maximum Gasteiger partial charge on any atom is 0.250 e. The van der Waals surface area contributed by atoms with Crippen LogP contribution in [-0.2, 0) is 15.1 Å². The second-order valence-electron chi connectivity index (χ2n) is 7.36. The molecular formula is C21H21ClFN3O2S. The Labute approximate surface area is 177 Å². The van der Waals surface area contributed by atoms with Crippen molar-refractivity contribution < 1.29 is 14.0 Å². The van der Waals surface area contributed by atoms with Gasteiger partial charge < -0.3 is 10.6 Å². The number of nitrogens with one attached hydrogen (secondary N) is 3. The topological polar surface area (TPSA) is 70.2 Å². The molecule has 5 nitrogen and oxygen atoms in total. The molecule has 2 aromatic carbocycles. The maximum atomic E-state index is 13.3. The van der Waals surface area contributed by atoms with Gasteiger partial charge in [0.05, 0.1) is 5.92 Å². The predicted octanol–water partition coefficient (Wildman–Crippen LogP) is 4.00. The van der Waals surface area contributed by atoms with E-state index in [0.29, 0.717) is 28.4 Å². The molecule has 2 aromatic rings. The van der Waals surface area contributed by atoms with Gasteiger partial charge in [-0.2, -0.15) is 11.8 Å². The van der Waals surface area contributed by atoms with Gasteiger partial charge in [0.25, 0.3) is 0 Å². The van der Waals surface area contributed by atoms with Gasteiger partial charge in [-0.15, -0.1) is 0 Å². The van der Waals surface area contributed by atoms with E-state index >= 15 is 0 Å². The lowest BCUT2D eigenvalue weighted by Crippen LogP contribution is -2.52. The van der Waals surface area contributed by atoms with Crippen LogP contribution in [0.3, 0.4) is 0 Å². The van der Waals surface area contributed by atoms with Crippen molar-refractivity contribution >= 4 is 46.6 Å². The van der Waals surface area contributed by atoms with Gasteiger partial charge >= 0.3 is 0 Å². The van der Waals surface area contributed by atoms with E-state index in [1.807, 2.05) is 6.26 Å². The summed E-state index contributed by atoms with van der Waals surface area (Å²) in [5, 5.41) is 9.70. The highest BCUT2D eigenvalue weighted by Crippen LogP contribution is 2.48. The van der Waals surface area contributed by atoms with Crippen LogP contribution in [-0.4, -0.2) is 29.9 Å². The predicted molar refractivity (Wildman–Crippen MR) is 115 cm³/mol. The van der Waals surface area contributed by atoms with Crippen LogP contribution in [0.5, 0.6) is 0 Å². The molecule has 8 heteroatoms. The standard InChI is InChI=1S/C21H21ClFN3O2S/c1-29-9-8-15-11-17(19(27)24-14-5-3-13(23)4-6-14)21(26-15)16-10-12(22)2-7-18(16)25-20(21)28/h2-7,10,15,17,26H,8-9,11H2,1H3,(H,24,27)(H,25,28)/t15-,17-,21+/m1/s1. The van der Waals surface area contributed by atoms with Gasteiger partial charge in [0.15, 0.2) is 0 Å². The van der Waals surface area contributed by atoms with Crippen molar-refractivity contribution in [1.29, 1.82) is 0 Å². The molecule has 1 spiro atoms. The van der Waals surface area contributed by atoms with Crippen molar-refractivity contribution in [3.8, 4) is 0 Å². The summed E-state index contributed by atoms with van der Waals surface area (Å²) < 4.78 is 13.2. The fourth-order valence-electron chi connectivity index (χ4n) is 4.24. The molecule has 0 aliphatic carbocycles. The number of rotatable bonds is 5. The number of carbonyl (C=O) groups excluding carboxylic acids is 2. The number of hydrogen-bond donors (Lipinski definition) is 3. The van der Waals surface area contributed by atoms with Gasteiger partial charge in [0.1, 0.15) is 11.4 Å². The van der Waals surface area contributed by atoms with Crippen LogP contribution in [0.1, 0.15) is 18.4 Å². The van der Waals surface area contributed by atoms with E-state index in [9.17, 15) is 14.0 Å². The quantitative estimate of drug-likeness (QED) is 0.666. The smallest absolute Gasteiger partial charge is 0.250 e. The molecule has 0 saturated carbocycles. The fraction of sp³-hybridized carbons (Fsp3) is 0.333. The zero-order valence-electron chi connectivity index (χ0n) is 15.8. The molecule has 0 bridgehead atoms. The van der Waals surface area contributed by atoms with Crippen LogP contribution >= 0.6 is 23.4 Å². The number of carbonyl (C=O) groups is 2. The van der Waals surface area contributed by atoms with Crippen molar-refractivity contribution in [3.63, 3.8) is 0 Å². The van der Waals surface area contributed by atoms with Crippen LogP contribution in [0.4, 0.5) is 15.8 Å². The Hall–Kier alpha value is -2.09. The Bertz CT molecular complexity index is 955. The summed E-state index contributed by atoms with van der Waals surface area (Å²) in [5.74, 6) is -0.610. The fourth-order valence-corrected chi connectivity index (χ4v) is 4.94. The van der Waals surface area contributed by atoms with Crippen molar-refractivity contribution in [2.75, 3.05) is 22.6 Å². The molecule has 2 amide bonds. The molecule has 29 heavy (non-hydrogen) atoms. The number of amides is 2. The maximum absolute atomic E-state index is 13.3. The Morgan fingerprint density at radius 2 is 2.07 bits per heavy atom. The molecule has 0 aromatic heterocycles. The van der Waals surface area contributed by atoms with Crippen molar-refractivity contribution in [2.45, 2.75) is 24.4 Å². The molecule has 2 heterocycles. The molecule has 3 atom stereocenters. The SMILES string of the molecule is CSCC[C@@H]1C[C@H](C(=O)Nc2ccc(F)cc2)[C@]2(N1)C(=O)Nc1ccc(Cl)cc12. The molecule has 0 radical (unpaired) electrons. The average Bonchev–Trinajstić information content (AvgIpc) is 3.22. The van der Waals surface area contributed by atoms with E-state index in [2.05, 4.69) is 16.0 Å². The van der Waals surface area contributed by atoms with Crippen LogP contribution < -0.4 is 16.0 Å². The summed E-state index contributed by atoms with van der Waals surface area (Å²) in [6, 6.07) is 10.8. The second kappa shape index (κ2) is 7.97. The van der Waals surface area contributed by atoms with Crippen LogP contribution in [0.25, 0.3) is 0 Å². The summed E-state index contributed by atoms with van der Waals surface area (Å²) in [6.07, 6.45) is 3.39. The summed E-state index contributed by atoms with van der Waals surface area (Å²) in [6.45, 7) is 0. The van der Waals surface area contributed by atoms with Gasteiger partial charge in [-0.3, -0.25) is 14.9 Å². The molecule has 4 rings (SSSR count). The highest BCUT2D eigenvalue weighted by Gasteiger charge is 2.60. The van der Waals surface area contributed by atoms with E-state index in [1.54, 1.807) is 30.0 Å². The largest absolute Gasteiger partial charge is 0.326 e. The number of anilines is 2. The first-order valence-corrected chi connectivity index (χ1v) is 11.2. The van der Waals surface area contributed by atoms with E-state index < -0.39 is 11.5 Å². The van der Waals surface area contributed by atoms with Gasteiger partial charge in [0, 0.05) is 28.0 Å². The summed E-state index contributed by atoms with van der Waals surface area (Å²) in [4.78, 5) is 26.4. The van der Waals surface area contributed by atoms with E-state index in [1.165, 1.54) is 24.3 Å². The third kappa shape index (κ3) is 3.63. The molecule has 3 N–H and O–H groups in total. The number of benzene rings is 2. The molecule has 2 aliphatic heterocycles.